The Kier molecular flexibility index (Phi) is 2.46. The van der Waals surface area contributed by atoms with Crippen LogP contribution in [0.1, 0.15) is 35.6 Å². The number of hydrogen-bond acceptors (Lipinski definition) is 1. The quantitative estimate of drug-likeness (QED) is 0.841. The van der Waals surface area contributed by atoms with Crippen molar-refractivity contribution < 1.29 is 4.79 Å². The maximum Gasteiger partial charge on any atom is 0.221 e. The number of carbonyl (C=O) groups excluding carboxylic acids is 1. The van der Waals surface area contributed by atoms with Crippen molar-refractivity contribution in [2.45, 2.75) is 30.7 Å². The van der Waals surface area contributed by atoms with Crippen molar-refractivity contribution in [2.75, 3.05) is 0 Å². The summed E-state index contributed by atoms with van der Waals surface area (Å²) in [6, 6.07) is 19.1. The normalized spacial score (nSPS) is 27.6. The molecule has 2 aliphatic rings. The zero-order valence-electron chi connectivity index (χ0n) is 11.3. The number of benzene rings is 2. The molecular weight excluding hydrogens is 246 g/mol. The lowest BCUT2D eigenvalue weighted by Gasteiger charge is -2.31. The SMILES string of the molecule is O=C1CC2(CCc3ccccc32)C(c2ccccc2)N1. The molecule has 2 atom stereocenters. The molecule has 2 nitrogen and oxygen atoms in total. The first-order valence-electron chi connectivity index (χ1n) is 7.22. The predicted octanol–water partition coefficient (Wildman–Crippen LogP) is 3.13. The van der Waals surface area contributed by atoms with Gasteiger partial charge in [0.15, 0.2) is 0 Å². The van der Waals surface area contributed by atoms with E-state index in [4.69, 9.17) is 0 Å². The molecule has 0 radical (unpaired) electrons. The van der Waals surface area contributed by atoms with Crippen LogP contribution in [-0.2, 0) is 16.6 Å². The van der Waals surface area contributed by atoms with Gasteiger partial charge in [-0.05, 0) is 29.5 Å². The molecule has 1 aliphatic heterocycles. The van der Waals surface area contributed by atoms with Gasteiger partial charge in [-0.15, -0.1) is 0 Å². The zero-order valence-corrected chi connectivity index (χ0v) is 11.3. The monoisotopic (exact) mass is 263 g/mol. The molecular formula is C18H17NO. The smallest absolute Gasteiger partial charge is 0.221 e. The Hall–Kier alpha value is -2.09. The van der Waals surface area contributed by atoms with Crippen LogP contribution in [0.4, 0.5) is 0 Å². The minimum absolute atomic E-state index is 0.0466. The fraction of sp³-hybridized carbons (Fsp3) is 0.278. The highest BCUT2D eigenvalue weighted by Gasteiger charge is 2.51. The largest absolute Gasteiger partial charge is 0.348 e. The summed E-state index contributed by atoms with van der Waals surface area (Å²) in [6.45, 7) is 0. The van der Waals surface area contributed by atoms with E-state index in [-0.39, 0.29) is 17.4 Å². The lowest BCUT2D eigenvalue weighted by atomic mass is 9.73. The standard InChI is InChI=1S/C18H17NO/c20-16-12-18(11-10-13-6-4-5-9-15(13)18)17(19-16)14-7-2-1-3-8-14/h1-9,17H,10-12H2,(H,19,20). The van der Waals surface area contributed by atoms with Crippen LogP contribution in [0.5, 0.6) is 0 Å². The molecule has 2 aromatic carbocycles. The van der Waals surface area contributed by atoms with Crippen molar-refractivity contribution in [2.24, 2.45) is 0 Å². The molecule has 1 aliphatic carbocycles. The highest BCUT2D eigenvalue weighted by Crippen LogP contribution is 2.52. The number of rotatable bonds is 1. The van der Waals surface area contributed by atoms with Gasteiger partial charge in [-0.1, -0.05) is 54.6 Å². The molecule has 4 rings (SSSR count). The first kappa shape index (κ1) is 11.7. The van der Waals surface area contributed by atoms with Crippen LogP contribution in [0, 0.1) is 0 Å². The second-order valence-electron chi connectivity index (χ2n) is 5.90. The van der Waals surface area contributed by atoms with Crippen LogP contribution >= 0.6 is 0 Å². The summed E-state index contributed by atoms with van der Waals surface area (Å²) in [5.74, 6) is 0.176. The molecule has 1 N–H and O–H groups in total. The summed E-state index contributed by atoms with van der Waals surface area (Å²) in [7, 11) is 0. The molecule has 0 aromatic heterocycles. The highest BCUT2D eigenvalue weighted by molar-refractivity contribution is 5.82. The van der Waals surface area contributed by atoms with Crippen LogP contribution in [0.15, 0.2) is 54.6 Å². The van der Waals surface area contributed by atoms with Gasteiger partial charge >= 0.3 is 0 Å². The van der Waals surface area contributed by atoms with Crippen molar-refractivity contribution in [1.29, 1.82) is 0 Å². The van der Waals surface area contributed by atoms with E-state index in [2.05, 4.69) is 41.7 Å². The van der Waals surface area contributed by atoms with Crippen LogP contribution in [0.2, 0.25) is 0 Å². The summed E-state index contributed by atoms with van der Waals surface area (Å²) in [5.41, 5.74) is 3.95. The van der Waals surface area contributed by atoms with E-state index in [1.807, 2.05) is 18.2 Å². The van der Waals surface area contributed by atoms with Crippen LogP contribution < -0.4 is 5.32 Å². The van der Waals surface area contributed by atoms with E-state index in [1.165, 1.54) is 16.7 Å². The Morgan fingerprint density at radius 2 is 1.75 bits per heavy atom. The Morgan fingerprint density at radius 1 is 1.00 bits per heavy atom. The van der Waals surface area contributed by atoms with Gasteiger partial charge in [-0.3, -0.25) is 4.79 Å². The van der Waals surface area contributed by atoms with Gasteiger partial charge in [-0.2, -0.15) is 0 Å². The lowest BCUT2D eigenvalue weighted by Crippen LogP contribution is -2.31. The fourth-order valence-electron chi connectivity index (χ4n) is 3.99. The molecule has 2 heteroatoms. The maximum absolute atomic E-state index is 12.1. The summed E-state index contributed by atoms with van der Waals surface area (Å²) in [5, 5.41) is 3.20. The minimum atomic E-state index is -0.0466. The maximum atomic E-state index is 12.1. The summed E-state index contributed by atoms with van der Waals surface area (Å²) < 4.78 is 0. The van der Waals surface area contributed by atoms with Crippen molar-refractivity contribution in [3.63, 3.8) is 0 Å². The topological polar surface area (TPSA) is 29.1 Å². The van der Waals surface area contributed by atoms with E-state index < -0.39 is 0 Å². The fourth-order valence-corrected chi connectivity index (χ4v) is 3.99. The molecule has 1 spiro atoms. The lowest BCUT2D eigenvalue weighted by molar-refractivity contribution is -0.119. The average Bonchev–Trinajstić information content (AvgIpc) is 3.03. The van der Waals surface area contributed by atoms with Gasteiger partial charge < -0.3 is 5.32 Å². The van der Waals surface area contributed by atoms with Crippen molar-refractivity contribution in [3.05, 3.63) is 71.3 Å². The third-order valence-corrected chi connectivity index (χ3v) is 4.86. The first-order valence-corrected chi connectivity index (χ1v) is 7.22. The first-order chi connectivity index (χ1) is 9.79. The van der Waals surface area contributed by atoms with E-state index >= 15 is 0 Å². The Labute approximate surface area is 118 Å². The molecule has 1 fully saturated rings. The van der Waals surface area contributed by atoms with E-state index in [0.29, 0.717) is 6.42 Å². The van der Waals surface area contributed by atoms with Gasteiger partial charge in [0.2, 0.25) is 5.91 Å². The number of hydrogen-bond donors (Lipinski definition) is 1. The molecule has 0 bridgehead atoms. The molecule has 0 saturated carbocycles. The highest BCUT2D eigenvalue weighted by atomic mass is 16.2. The summed E-state index contributed by atoms with van der Waals surface area (Å²) in [4.78, 5) is 12.1. The van der Waals surface area contributed by atoms with Gasteiger partial charge in [-0.25, -0.2) is 0 Å². The molecule has 1 amide bonds. The Bertz CT molecular complexity index is 664. The van der Waals surface area contributed by atoms with Crippen LogP contribution in [0.3, 0.4) is 0 Å². The molecule has 20 heavy (non-hydrogen) atoms. The second kappa shape index (κ2) is 4.20. The second-order valence-corrected chi connectivity index (χ2v) is 5.90. The number of nitrogens with one attached hydrogen (secondary N) is 1. The average molecular weight is 263 g/mol. The van der Waals surface area contributed by atoms with Crippen molar-refractivity contribution in [1.82, 2.24) is 5.32 Å². The molecule has 1 heterocycles. The molecule has 2 aromatic rings. The van der Waals surface area contributed by atoms with Gasteiger partial charge in [0.1, 0.15) is 0 Å². The zero-order chi connectivity index (χ0) is 13.6. The molecule has 100 valence electrons. The minimum Gasteiger partial charge on any atom is -0.348 e. The number of fused-ring (bicyclic) bond motifs is 2. The number of aryl methyl sites for hydroxylation is 1. The predicted molar refractivity (Wildman–Crippen MR) is 78.4 cm³/mol. The van der Waals surface area contributed by atoms with Crippen LogP contribution in [-0.4, -0.2) is 5.91 Å². The summed E-state index contributed by atoms with van der Waals surface area (Å²) in [6.07, 6.45) is 2.75. The van der Waals surface area contributed by atoms with Gasteiger partial charge in [0, 0.05) is 11.8 Å². The van der Waals surface area contributed by atoms with Gasteiger partial charge in [0.05, 0.1) is 6.04 Å². The van der Waals surface area contributed by atoms with Gasteiger partial charge in [0.25, 0.3) is 0 Å². The van der Waals surface area contributed by atoms with Crippen molar-refractivity contribution in [3.8, 4) is 0 Å². The summed E-state index contributed by atoms with van der Waals surface area (Å²) >= 11 is 0. The van der Waals surface area contributed by atoms with E-state index in [1.54, 1.807) is 0 Å². The number of carbonyl (C=O) groups is 1. The molecule has 2 unspecified atom stereocenters. The Morgan fingerprint density at radius 3 is 2.60 bits per heavy atom. The van der Waals surface area contributed by atoms with Crippen molar-refractivity contribution >= 4 is 5.91 Å². The van der Waals surface area contributed by atoms with E-state index in [0.717, 1.165) is 12.8 Å². The third kappa shape index (κ3) is 1.54. The van der Waals surface area contributed by atoms with E-state index in [9.17, 15) is 4.79 Å². The number of amides is 1. The molecule has 1 saturated heterocycles. The van der Waals surface area contributed by atoms with Crippen LogP contribution in [0.25, 0.3) is 0 Å². The third-order valence-electron chi connectivity index (χ3n) is 4.86. The Balaban J connectivity index is 1.86.